The Kier molecular flexibility index (Phi) is 4.93. The molecule has 0 aliphatic carbocycles. The van der Waals surface area contributed by atoms with Crippen LogP contribution in [0.25, 0.3) is 0 Å². The molecule has 0 aliphatic rings. The number of nitrogens with zero attached hydrogens (tertiary/aromatic N) is 2. The molecule has 1 rings (SSSR count). The Hall–Kier alpha value is -1.80. The Balaban J connectivity index is 2.61. The third-order valence-corrected chi connectivity index (χ3v) is 2.79. The lowest BCUT2D eigenvalue weighted by molar-refractivity contribution is 0.248. The van der Waals surface area contributed by atoms with Gasteiger partial charge in [-0.3, -0.25) is 0 Å². The van der Waals surface area contributed by atoms with Crippen LogP contribution < -0.4 is 11.1 Å². The molecule has 98 valence electrons. The molecule has 4 N–H and O–H groups in total. The molecule has 0 spiro atoms. The van der Waals surface area contributed by atoms with E-state index in [1.54, 1.807) is 12.1 Å². The monoisotopic (exact) mass is 248 g/mol. The lowest BCUT2D eigenvalue weighted by Crippen LogP contribution is -2.24. The third kappa shape index (κ3) is 4.22. The number of anilines is 2. The van der Waals surface area contributed by atoms with Gasteiger partial charge in [-0.1, -0.05) is 13.8 Å². The van der Waals surface area contributed by atoms with Crippen LogP contribution in [-0.4, -0.2) is 23.2 Å². The van der Waals surface area contributed by atoms with Crippen molar-refractivity contribution in [2.24, 2.45) is 5.41 Å². The number of nitriles is 1. The van der Waals surface area contributed by atoms with Crippen molar-refractivity contribution in [3.63, 3.8) is 0 Å². The summed E-state index contributed by atoms with van der Waals surface area (Å²) < 4.78 is 0. The minimum absolute atomic E-state index is 0.0681. The lowest BCUT2D eigenvalue weighted by Gasteiger charge is -2.25. The van der Waals surface area contributed by atoms with Crippen molar-refractivity contribution in [3.8, 4) is 6.07 Å². The van der Waals surface area contributed by atoms with E-state index in [9.17, 15) is 0 Å². The van der Waals surface area contributed by atoms with Crippen LogP contribution in [0.1, 0.15) is 32.4 Å². The number of nitrogens with one attached hydrogen (secondary N) is 1. The zero-order valence-corrected chi connectivity index (χ0v) is 10.9. The fraction of sp³-hybridized carbons (Fsp3) is 0.538. The molecule has 0 aliphatic heterocycles. The number of hydrogen-bond acceptors (Lipinski definition) is 5. The normalized spacial score (nSPS) is 11.0. The van der Waals surface area contributed by atoms with Crippen LogP contribution >= 0.6 is 0 Å². The second-order valence-electron chi connectivity index (χ2n) is 5.09. The van der Waals surface area contributed by atoms with E-state index in [1.807, 2.05) is 6.07 Å². The fourth-order valence-corrected chi connectivity index (χ4v) is 1.63. The lowest BCUT2D eigenvalue weighted by atomic mass is 9.88. The number of aromatic nitrogens is 1. The average molecular weight is 248 g/mol. The van der Waals surface area contributed by atoms with Gasteiger partial charge in [0.2, 0.25) is 0 Å². The van der Waals surface area contributed by atoms with Gasteiger partial charge in [0.1, 0.15) is 11.9 Å². The summed E-state index contributed by atoms with van der Waals surface area (Å²) in [6, 6.07) is 5.40. The maximum atomic E-state index is 8.84. The maximum absolute atomic E-state index is 8.84. The largest absolute Gasteiger partial charge is 0.396 e. The minimum atomic E-state index is 0.0681. The molecular formula is C13H20N4O. The summed E-state index contributed by atoms with van der Waals surface area (Å²) in [5, 5.41) is 20.9. The van der Waals surface area contributed by atoms with Gasteiger partial charge < -0.3 is 16.2 Å². The zero-order chi connectivity index (χ0) is 13.6. The Morgan fingerprint density at radius 2 is 2.22 bits per heavy atom. The number of pyridine rings is 1. The highest BCUT2D eigenvalue weighted by molar-refractivity contribution is 5.54. The van der Waals surface area contributed by atoms with Gasteiger partial charge in [0.15, 0.2) is 5.69 Å². The van der Waals surface area contributed by atoms with Gasteiger partial charge in [-0.25, -0.2) is 4.98 Å². The molecular weight excluding hydrogens is 228 g/mol. The van der Waals surface area contributed by atoms with Gasteiger partial charge in [-0.2, -0.15) is 5.26 Å². The molecule has 0 saturated carbocycles. The molecule has 18 heavy (non-hydrogen) atoms. The number of rotatable bonds is 6. The van der Waals surface area contributed by atoms with E-state index in [2.05, 4.69) is 24.1 Å². The van der Waals surface area contributed by atoms with E-state index in [0.717, 1.165) is 19.4 Å². The number of nitrogen functional groups attached to an aromatic ring is 1. The van der Waals surface area contributed by atoms with E-state index < -0.39 is 0 Å². The van der Waals surface area contributed by atoms with Crippen LogP contribution in [0.2, 0.25) is 0 Å². The summed E-state index contributed by atoms with van der Waals surface area (Å²) >= 11 is 0. The third-order valence-electron chi connectivity index (χ3n) is 2.79. The van der Waals surface area contributed by atoms with Gasteiger partial charge in [-0.15, -0.1) is 0 Å². The van der Waals surface area contributed by atoms with Crippen LogP contribution in [0, 0.1) is 16.7 Å². The second-order valence-corrected chi connectivity index (χ2v) is 5.09. The first-order valence-corrected chi connectivity index (χ1v) is 6.00. The first kappa shape index (κ1) is 14.3. The van der Waals surface area contributed by atoms with Crippen molar-refractivity contribution >= 4 is 11.5 Å². The van der Waals surface area contributed by atoms with Gasteiger partial charge in [-0.05, 0) is 30.4 Å². The van der Waals surface area contributed by atoms with E-state index in [-0.39, 0.29) is 17.7 Å². The summed E-state index contributed by atoms with van der Waals surface area (Å²) in [6.07, 6.45) is 1.71. The quantitative estimate of drug-likeness (QED) is 0.712. The zero-order valence-electron chi connectivity index (χ0n) is 10.9. The highest BCUT2D eigenvalue weighted by Crippen LogP contribution is 2.23. The van der Waals surface area contributed by atoms with Gasteiger partial charge in [0.25, 0.3) is 0 Å². The van der Waals surface area contributed by atoms with Crippen LogP contribution in [0.15, 0.2) is 12.1 Å². The smallest absolute Gasteiger partial charge is 0.165 e. The molecule has 0 unspecified atom stereocenters. The summed E-state index contributed by atoms with van der Waals surface area (Å²) in [4.78, 5) is 4.13. The van der Waals surface area contributed by atoms with Crippen molar-refractivity contribution < 1.29 is 5.11 Å². The summed E-state index contributed by atoms with van der Waals surface area (Å²) in [7, 11) is 0. The van der Waals surface area contributed by atoms with Crippen molar-refractivity contribution in [1.29, 1.82) is 5.26 Å². The predicted octanol–water partition coefficient (Wildman–Crippen LogP) is 1.75. The van der Waals surface area contributed by atoms with E-state index in [4.69, 9.17) is 16.1 Å². The van der Waals surface area contributed by atoms with Crippen LogP contribution in [0.5, 0.6) is 0 Å². The van der Waals surface area contributed by atoms with E-state index in [1.165, 1.54) is 0 Å². The SMILES string of the molecule is CC(C)(CCCO)CNc1ccc(N)c(C#N)n1. The molecule has 0 atom stereocenters. The number of aliphatic hydroxyl groups is 1. The van der Waals surface area contributed by atoms with Crippen molar-refractivity contribution in [3.05, 3.63) is 17.8 Å². The van der Waals surface area contributed by atoms with Crippen molar-refractivity contribution in [2.75, 3.05) is 24.2 Å². The van der Waals surface area contributed by atoms with Crippen molar-refractivity contribution in [2.45, 2.75) is 26.7 Å². The average Bonchev–Trinajstić information content (AvgIpc) is 2.35. The molecule has 1 heterocycles. The predicted molar refractivity (Wildman–Crippen MR) is 72.0 cm³/mol. The summed E-state index contributed by atoms with van der Waals surface area (Å²) in [5.41, 5.74) is 6.31. The molecule has 0 saturated heterocycles. The fourth-order valence-electron chi connectivity index (χ4n) is 1.63. The van der Waals surface area contributed by atoms with Crippen LogP contribution in [0.4, 0.5) is 11.5 Å². The first-order valence-electron chi connectivity index (χ1n) is 6.00. The van der Waals surface area contributed by atoms with Crippen molar-refractivity contribution in [1.82, 2.24) is 4.98 Å². The molecule has 1 aromatic heterocycles. The maximum Gasteiger partial charge on any atom is 0.165 e. The Labute approximate surface area is 108 Å². The molecule has 0 bridgehead atoms. The highest BCUT2D eigenvalue weighted by atomic mass is 16.2. The van der Waals surface area contributed by atoms with Gasteiger partial charge in [0, 0.05) is 13.2 Å². The Morgan fingerprint density at radius 3 is 2.83 bits per heavy atom. The van der Waals surface area contributed by atoms with E-state index in [0.29, 0.717) is 11.5 Å². The van der Waals surface area contributed by atoms with Gasteiger partial charge in [0.05, 0.1) is 5.69 Å². The standard InChI is InChI=1S/C13H20N4O/c1-13(2,6-3-7-18)9-16-12-5-4-10(15)11(8-14)17-12/h4-5,18H,3,6-7,9,15H2,1-2H3,(H,16,17). The molecule has 0 amide bonds. The number of aliphatic hydroxyl groups excluding tert-OH is 1. The Bertz CT molecular complexity index is 437. The first-order chi connectivity index (χ1) is 8.48. The number of nitrogens with two attached hydrogens (primary N) is 1. The number of hydrogen-bond donors (Lipinski definition) is 3. The molecule has 5 nitrogen and oxygen atoms in total. The molecule has 0 fully saturated rings. The summed E-state index contributed by atoms with van der Waals surface area (Å²) in [5.74, 6) is 0.651. The molecule has 0 aromatic carbocycles. The Morgan fingerprint density at radius 1 is 1.50 bits per heavy atom. The van der Waals surface area contributed by atoms with Crippen LogP contribution in [-0.2, 0) is 0 Å². The van der Waals surface area contributed by atoms with E-state index >= 15 is 0 Å². The molecule has 0 radical (unpaired) electrons. The summed E-state index contributed by atoms with van der Waals surface area (Å²) in [6.45, 7) is 5.19. The van der Waals surface area contributed by atoms with Gasteiger partial charge >= 0.3 is 0 Å². The molecule has 1 aromatic rings. The topological polar surface area (TPSA) is 95.0 Å². The minimum Gasteiger partial charge on any atom is -0.396 e. The highest BCUT2D eigenvalue weighted by Gasteiger charge is 2.17. The van der Waals surface area contributed by atoms with Crippen LogP contribution in [0.3, 0.4) is 0 Å². The molecule has 5 heteroatoms. The second kappa shape index (κ2) is 6.22.